The number of halogens is 1. The Morgan fingerprint density at radius 3 is 3.00 bits per heavy atom. The zero-order valence-corrected chi connectivity index (χ0v) is 10.3. The molecule has 0 aromatic heterocycles. The highest BCUT2D eigenvalue weighted by Crippen LogP contribution is 2.32. The van der Waals surface area contributed by atoms with Crippen molar-refractivity contribution < 1.29 is 9.53 Å². The van der Waals surface area contributed by atoms with Crippen LogP contribution in [0.5, 0.6) is 0 Å². The van der Waals surface area contributed by atoms with Crippen molar-refractivity contribution in [2.75, 3.05) is 6.61 Å². The number of nitrogens with one attached hydrogen (secondary N) is 1. The van der Waals surface area contributed by atoms with Gasteiger partial charge >= 0.3 is 6.09 Å². The monoisotopic (exact) mass is 281 g/mol. The Balaban J connectivity index is 1.92. The third kappa shape index (κ3) is 1.61. The molecule has 1 aliphatic carbocycles. The van der Waals surface area contributed by atoms with Gasteiger partial charge in [0.25, 0.3) is 0 Å². The van der Waals surface area contributed by atoms with E-state index in [0.717, 1.165) is 23.7 Å². The molecule has 1 unspecified atom stereocenters. The molecule has 0 radical (unpaired) electrons. The summed E-state index contributed by atoms with van der Waals surface area (Å²) in [6.07, 6.45) is 2.56. The Labute approximate surface area is 102 Å². The molecule has 1 aliphatic heterocycles. The number of cyclic esters (lactones) is 1. The first kappa shape index (κ1) is 10.1. The molecule has 16 heavy (non-hydrogen) atoms. The van der Waals surface area contributed by atoms with Crippen LogP contribution in [-0.2, 0) is 17.6 Å². The maximum Gasteiger partial charge on any atom is 0.407 e. The summed E-state index contributed by atoms with van der Waals surface area (Å²) in [5, 5.41) is 2.95. The Kier molecular flexibility index (Phi) is 2.21. The van der Waals surface area contributed by atoms with Crippen molar-refractivity contribution in [3.63, 3.8) is 0 Å². The molecule has 1 amide bonds. The molecule has 4 heteroatoms. The topological polar surface area (TPSA) is 38.3 Å². The molecular weight excluding hydrogens is 270 g/mol. The van der Waals surface area contributed by atoms with E-state index in [1.165, 1.54) is 11.1 Å². The van der Waals surface area contributed by atoms with Crippen LogP contribution in [0.25, 0.3) is 0 Å². The third-order valence-corrected chi connectivity index (χ3v) is 3.91. The standard InChI is InChI=1S/C12H12BrNO2/c13-10-2-1-9-6-12(4-3-8(9)5-10)7-16-11(15)14-12/h1-2,5H,3-4,6-7H2,(H,14,15). The number of carbonyl (C=O) groups is 1. The Morgan fingerprint density at radius 1 is 1.38 bits per heavy atom. The van der Waals surface area contributed by atoms with Gasteiger partial charge in [-0.3, -0.25) is 0 Å². The molecule has 2 aliphatic rings. The highest BCUT2D eigenvalue weighted by molar-refractivity contribution is 9.10. The van der Waals surface area contributed by atoms with Crippen molar-refractivity contribution in [2.45, 2.75) is 24.8 Å². The van der Waals surface area contributed by atoms with Gasteiger partial charge in [0.2, 0.25) is 0 Å². The predicted molar refractivity (Wildman–Crippen MR) is 63.4 cm³/mol. The maximum absolute atomic E-state index is 11.1. The minimum atomic E-state index is -0.277. The summed E-state index contributed by atoms with van der Waals surface area (Å²) in [5.74, 6) is 0. The van der Waals surface area contributed by atoms with E-state index in [1.54, 1.807) is 0 Å². The van der Waals surface area contributed by atoms with Gasteiger partial charge in [-0.15, -0.1) is 0 Å². The normalized spacial score (nSPS) is 27.4. The van der Waals surface area contributed by atoms with Crippen LogP contribution in [-0.4, -0.2) is 18.2 Å². The molecule has 1 aromatic carbocycles. The largest absolute Gasteiger partial charge is 0.447 e. The van der Waals surface area contributed by atoms with Gasteiger partial charge in [-0.1, -0.05) is 22.0 Å². The minimum Gasteiger partial charge on any atom is -0.447 e. The summed E-state index contributed by atoms with van der Waals surface area (Å²) in [6, 6.07) is 6.35. The number of carbonyl (C=O) groups excluding carboxylic acids is 1. The lowest BCUT2D eigenvalue weighted by atomic mass is 9.79. The Morgan fingerprint density at radius 2 is 2.25 bits per heavy atom. The van der Waals surface area contributed by atoms with Crippen molar-refractivity contribution in [1.82, 2.24) is 5.32 Å². The molecule has 0 bridgehead atoms. The summed E-state index contributed by atoms with van der Waals surface area (Å²) in [5.41, 5.74) is 2.54. The van der Waals surface area contributed by atoms with E-state index in [2.05, 4.69) is 39.4 Å². The van der Waals surface area contributed by atoms with Gasteiger partial charge < -0.3 is 10.1 Å². The van der Waals surface area contributed by atoms with Gasteiger partial charge in [0.1, 0.15) is 6.61 Å². The highest BCUT2D eigenvalue weighted by Gasteiger charge is 2.41. The lowest BCUT2D eigenvalue weighted by molar-refractivity contribution is 0.170. The molecule has 3 nitrogen and oxygen atoms in total. The van der Waals surface area contributed by atoms with Crippen LogP contribution in [0.4, 0.5) is 4.79 Å². The number of alkyl carbamates (subject to hydrolysis) is 1. The smallest absolute Gasteiger partial charge is 0.407 e. The number of amides is 1. The van der Waals surface area contributed by atoms with Crippen LogP contribution in [0, 0.1) is 0 Å². The Bertz CT molecular complexity index is 460. The minimum absolute atomic E-state index is 0.155. The summed E-state index contributed by atoms with van der Waals surface area (Å²) >= 11 is 3.48. The van der Waals surface area contributed by atoms with Crippen LogP contribution in [0.3, 0.4) is 0 Å². The lowest BCUT2D eigenvalue weighted by Gasteiger charge is -2.32. The van der Waals surface area contributed by atoms with Crippen LogP contribution in [0.1, 0.15) is 17.5 Å². The summed E-state index contributed by atoms with van der Waals surface area (Å²) < 4.78 is 6.14. The fourth-order valence-electron chi connectivity index (χ4n) is 2.55. The van der Waals surface area contributed by atoms with E-state index < -0.39 is 0 Å². The van der Waals surface area contributed by atoms with E-state index in [-0.39, 0.29) is 11.6 Å². The predicted octanol–water partition coefficient (Wildman–Crippen LogP) is 2.42. The maximum atomic E-state index is 11.1. The second-order valence-corrected chi connectivity index (χ2v) is 5.49. The van der Waals surface area contributed by atoms with Crippen molar-refractivity contribution in [3.05, 3.63) is 33.8 Å². The SMILES string of the molecule is O=C1NC2(CCc3cc(Br)ccc3C2)CO1. The number of fused-ring (bicyclic) bond motifs is 1. The summed E-state index contributed by atoms with van der Waals surface area (Å²) in [4.78, 5) is 11.1. The third-order valence-electron chi connectivity index (χ3n) is 3.42. The first-order valence-corrected chi connectivity index (χ1v) is 6.18. The number of hydrogen-bond acceptors (Lipinski definition) is 2. The van der Waals surface area contributed by atoms with E-state index in [1.807, 2.05) is 0 Å². The van der Waals surface area contributed by atoms with Gasteiger partial charge in [-0.05, 0) is 42.5 Å². The molecule has 1 atom stereocenters. The number of aryl methyl sites for hydroxylation is 1. The van der Waals surface area contributed by atoms with Gasteiger partial charge in [0.15, 0.2) is 0 Å². The van der Waals surface area contributed by atoms with E-state index in [0.29, 0.717) is 6.61 Å². The van der Waals surface area contributed by atoms with Crippen molar-refractivity contribution >= 4 is 22.0 Å². The van der Waals surface area contributed by atoms with Crippen LogP contribution in [0.15, 0.2) is 22.7 Å². The number of hydrogen-bond donors (Lipinski definition) is 1. The molecule has 3 rings (SSSR count). The van der Waals surface area contributed by atoms with Crippen LogP contribution in [0.2, 0.25) is 0 Å². The fourth-order valence-corrected chi connectivity index (χ4v) is 2.96. The average Bonchev–Trinajstić information content (AvgIpc) is 2.61. The number of rotatable bonds is 0. The van der Waals surface area contributed by atoms with Gasteiger partial charge in [-0.2, -0.15) is 0 Å². The molecule has 1 N–H and O–H groups in total. The second kappa shape index (κ2) is 3.48. The molecule has 1 heterocycles. The molecule has 1 aromatic rings. The van der Waals surface area contributed by atoms with Crippen LogP contribution >= 0.6 is 15.9 Å². The van der Waals surface area contributed by atoms with Crippen molar-refractivity contribution in [2.24, 2.45) is 0 Å². The first-order valence-electron chi connectivity index (χ1n) is 5.39. The van der Waals surface area contributed by atoms with Gasteiger partial charge in [0, 0.05) is 4.47 Å². The van der Waals surface area contributed by atoms with Gasteiger partial charge in [-0.25, -0.2) is 4.79 Å². The number of ether oxygens (including phenoxy) is 1. The molecular formula is C12H12BrNO2. The average molecular weight is 282 g/mol. The zero-order valence-electron chi connectivity index (χ0n) is 8.75. The first-order chi connectivity index (χ1) is 7.67. The van der Waals surface area contributed by atoms with E-state index in [9.17, 15) is 4.79 Å². The lowest BCUT2D eigenvalue weighted by Crippen LogP contribution is -2.48. The van der Waals surface area contributed by atoms with E-state index >= 15 is 0 Å². The summed E-state index contributed by atoms with van der Waals surface area (Å²) in [6.45, 7) is 0.501. The fraction of sp³-hybridized carbons (Fsp3) is 0.417. The van der Waals surface area contributed by atoms with Crippen molar-refractivity contribution in [1.29, 1.82) is 0 Å². The molecule has 84 valence electrons. The summed E-state index contributed by atoms with van der Waals surface area (Å²) in [7, 11) is 0. The van der Waals surface area contributed by atoms with Crippen molar-refractivity contribution in [3.8, 4) is 0 Å². The number of benzene rings is 1. The molecule has 1 saturated heterocycles. The molecule has 1 fully saturated rings. The zero-order chi connectivity index (χ0) is 11.2. The van der Waals surface area contributed by atoms with Gasteiger partial charge in [0.05, 0.1) is 5.54 Å². The highest BCUT2D eigenvalue weighted by atomic mass is 79.9. The van der Waals surface area contributed by atoms with E-state index in [4.69, 9.17) is 4.74 Å². The quantitative estimate of drug-likeness (QED) is 0.793. The molecule has 0 saturated carbocycles. The molecule has 1 spiro atoms. The van der Waals surface area contributed by atoms with Crippen LogP contribution < -0.4 is 5.32 Å². The second-order valence-electron chi connectivity index (χ2n) is 4.57. The Hall–Kier alpha value is -1.03.